The van der Waals surface area contributed by atoms with E-state index in [1.54, 1.807) is 17.7 Å². The second kappa shape index (κ2) is 11.2. The van der Waals surface area contributed by atoms with Crippen molar-refractivity contribution in [2.24, 2.45) is 20.0 Å². The van der Waals surface area contributed by atoms with Crippen LogP contribution in [0.15, 0.2) is 45.6 Å². The Morgan fingerprint density at radius 3 is 2.67 bits per heavy atom. The molecule has 3 heterocycles. The van der Waals surface area contributed by atoms with Gasteiger partial charge < -0.3 is 14.9 Å². The molecule has 1 saturated carbocycles. The monoisotopic (exact) mass is 660 g/mol. The van der Waals surface area contributed by atoms with Crippen molar-refractivity contribution in [2.45, 2.75) is 45.1 Å². The smallest absolute Gasteiger partial charge is 0.406 e. The maximum absolute atomic E-state index is 14.5. The number of nitrogens with zero attached hydrogens (tertiary/aromatic N) is 6. The number of aryl methyl sites for hydroxylation is 3. The van der Waals surface area contributed by atoms with E-state index >= 15 is 0 Å². The van der Waals surface area contributed by atoms with Crippen LogP contribution >= 0.6 is 31.9 Å². The van der Waals surface area contributed by atoms with Crippen LogP contribution in [-0.4, -0.2) is 29.5 Å². The van der Waals surface area contributed by atoms with Gasteiger partial charge in [0.15, 0.2) is 6.20 Å². The highest BCUT2D eigenvalue weighted by Gasteiger charge is 2.27. The SMILES string of the molecule is CC(Oc1cc(Br)cnc1[N+](=O)[O-])c1cc(F)ccc1-c1c(CCc2c(Br)c(CC3CC3)nn2C)cnn1C. The highest BCUT2D eigenvalue weighted by molar-refractivity contribution is 9.10. The highest BCUT2D eigenvalue weighted by Crippen LogP contribution is 2.38. The lowest BCUT2D eigenvalue weighted by Gasteiger charge is -2.19. The molecule has 0 N–H and O–H groups in total. The van der Waals surface area contributed by atoms with Crippen LogP contribution in [0.25, 0.3) is 11.3 Å². The van der Waals surface area contributed by atoms with Gasteiger partial charge in [-0.25, -0.2) is 4.39 Å². The Morgan fingerprint density at radius 2 is 1.95 bits per heavy atom. The molecule has 0 spiro atoms. The van der Waals surface area contributed by atoms with E-state index < -0.39 is 22.7 Å². The number of hydrogen-bond acceptors (Lipinski definition) is 6. The molecular formula is C27H27Br2FN6O3. The van der Waals surface area contributed by atoms with Gasteiger partial charge in [-0.2, -0.15) is 10.2 Å². The third-order valence-corrected chi connectivity index (χ3v) is 8.32. The molecule has 3 aromatic heterocycles. The van der Waals surface area contributed by atoms with Gasteiger partial charge in [-0.15, -0.1) is 0 Å². The number of hydrogen-bond donors (Lipinski definition) is 0. The summed E-state index contributed by atoms with van der Waals surface area (Å²) in [5, 5.41) is 20.7. The van der Waals surface area contributed by atoms with E-state index in [4.69, 9.17) is 9.84 Å². The van der Waals surface area contributed by atoms with Crippen molar-refractivity contribution in [1.29, 1.82) is 0 Å². The normalized spacial score (nSPS) is 14.0. The van der Waals surface area contributed by atoms with E-state index in [-0.39, 0.29) is 5.75 Å². The Balaban J connectivity index is 1.45. The molecule has 0 saturated heterocycles. The van der Waals surface area contributed by atoms with Gasteiger partial charge in [-0.3, -0.25) is 9.36 Å². The molecule has 1 aliphatic rings. The Morgan fingerprint density at radius 1 is 1.18 bits per heavy atom. The summed E-state index contributed by atoms with van der Waals surface area (Å²) < 4.78 is 25.8. The van der Waals surface area contributed by atoms with E-state index in [9.17, 15) is 14.5 Å². The summed E-state index contributed by atoms with van der Waals surface area (Å²) in [6.45, 7) is 1.73. The molecular weight excluding hydrogens is 635 g/mol. The van der Waals surface area contributed by atoms with Gasteiger partial charge in [0.25, 0.3) is 0 Å². The van der Waals surface area contributed by atoms with Crippen LogP contribution in [-0.2, 0) is 33.4 Å². The number of benzene rings is 1. The molecule has 1 aromatic carbocycles. The molecule has 4 aromatic rings. The molecule has 5 rings (SSSR count). The molecule has 1 fully saturated rings. The van der Waals surface area contributed by atoms with Crippen LogP contribution in [0.3, 0.4) is 0 Å². The highest BCUT2D eigenvalue weighted by atomic mass is 79.9. The molecule has 1 atom stereocenters. The van der Waals surface area contributed by atoms with Gasteiger partial charge in [0.2, 0.25) is 5.75 Å². The quantitative estimate of drug-likeness (QED) is 0.139. The summed E-state index contributed by atoms with van der Waals surface area (Å²) in [4.78, 5) is 14.8. The zero-order valence-corrected chi connectivity index (χ0v) is 24.9. The van der Waals surface area contributed by atoms with Crippen LogP contribution in [0.4, 0.5) is 10.2 Å². The first-order valence-corrected chi connectivity index (χ1v) is 14.2. The summed E-state index contributed by atoms with van der Waals surface area (Å²) in [6, 6.07) is 5.98. The largest absolute Gasteiger partial charge is 0.478 e. The van der Waals surface area contributed by atoms with Crippen LogP contribution in [0.1, 0.15) is 48.4 Å². The van der Waals surface area contributed by atoms with Gasteiger partial charge in [0.1, 0.15) is 11.9 Å². The summed E-state index contributed by atoms with van der Waals surface area (Å²) >= 11 is 7.06. The first-order chi connectivity index (χ1) is 18.6. The Labute approximate surface area is 241 Å². The molecule has 204 valence electrons. The summed E-state index contributed by atoms with van der Waals surface area (Å²) in [5.41, 5.74) is 5.32. The van der Waals surface area contributed by atoms with Gasteiger partial charge >= 0.3 is 5.82 Å². The Bertz CT molecular complexity index is 1550. The number of rotatable bonds is 10. The average molecular weight is 662 g/mol. The minimum absolute atomic E-state index is 0.00891. The number of aromatic nitrogens is 5. The number of pyridine rings is 1. The average Bonchev–Trinajstić information content (AvgIpc) is 3.57. The molecule has 0 bridgehead atoms. The summed E-state index contributed by atoms with van der Waals surface area (Å²) in [6.07, 6.45) is 7.41. The number of ether oxygens (including phenoxy) is 1. The van der Waals surface area contributed by atoms with Crippen molar-refractivity contribution in [3.63, 3.8) is 0 Å². The zero-order valence-electron chi connectivity index (χ0n) is 21.7. The van der Waals surface area contributed by atoms with Crippen molar-refractivity contribution in [1.82, 2.24) is 24.5 Å². The first kappa shape index (κ1) is 27.4. The topological polar surface area (TPSA) is 101 Å². The third-order valence-electron chi connectivity index (χ3n) is 6.98. The molecule has 39 heavy (non-hydrogen) atoms. The zero-order chi connectivity index (χ0) is 27.8. The fourth-order valence-corrected chi connectivity index (χ4v) is 5.84. The van der Waals surface area contributed by atoms with Crippen molar-refractivity contribution in [2.75, 3.05) is 0 Å². The maximum atomic E-state index is 14.5. The van der Waals surface area contributed by atoms with E-state index in [0.717, 1.165) is 51.4 Å². The number of halogens is 3. The van der Waals surface area contributed by atoms with Gasteiger partial charge in [-0.05, 0) is 110 Å². The minimum atomic E-state index is -0.718. The van der Waals surface area contributed by atoms with Crippen molar-refractivity contribution >= 4 is 37.7 Å². The van der Waals surface area contributed by atoms with Gasteiger partial charge in [-0.1, -0.05) is 0 Å². The summed E-state index contributed by atoms with van der Waals surface area (Å²) in [7, 11) is 3.81. The lowest BCUT2D eigenvalue weighted by Crippen LogP contribution is -2.09. The predicted molar refractivity (Wildman–Crippen MR) is 151 cm³/mol. The van der Waals surface area contributed by atoms with Crippen molar-refractivity contribution in [3.05, 3.63) is 84.1 Å². The van der Waals surface area contributed by atoms with Gasteiger partial charge in [0, 0.05) is 31.3 Å². The lowest BCUT2D eigenvalue weighted by molar-refractivity contribution is -0.390. The number of nitro groups is 1. The van der Waals surface area contributed by atoms with Crippen molar-refractivity contribution in [3.8, 4) is 17.0 Å². The van der Waals surface area contributed by atoms with Crippen LogP contribution in [0.2, 0.25) is 0 Å². The predicted octanol–water partition coefficient (Wildman–Crippen LogP) is 6.67. The molecule has 9 nitrogen and oxygen atoms in total. The molecule has 0 amide bonds. The lowest BCUT2D eigenvalue weighted by atomic mass is 9.96. The molecule has 0 aliphatic heterocycles. The molecule has 0 radical (unpaired) electrons. The Hall–Kier alpha value is -3.12. The molecule has 1 aliphatic carbocycles. The second-order valence-electron chi connectivity index (χ2n) is 9.84. The first-order valence-electron chi connectivity index (χ1n) is 12.6. The van der Waals surface area contributed by atoms with Gasteiger partial charge in [0.05, 0.1) is 32.2 Å². The van der Waals surface area contributed by atoms with Crippen LogP contribution < -0.4 is 4.74 Å². The molecule has 1 unspecified atom stereocenters. The third kappa shape index (κ3) is 5.91. The Kier molecular flexibility index (Phi) is 7.86. The van der Waals surface area contributed by atoms with E-state index in [1.165, 1.54) is 37.2 Å². The second-order valence-corrected chi connectivity index (χ2v) is 11.6. The summed E-state index contributed by atoms with van der Waals surface area (Å²) in [5.74, 6) is -0.113. The molecule has 12 heteroatoms. The van der Waals surface area contributed by atoms with E-state index in [1.807, 2.05) is 25.0 Å². The van der Waals surface area contributed by atoms with Crippen LogP contribution in [0, 0.1) is 21.8 Å². The van der Waals surface area contributed by atoms with Crippen LogP contribution in [0.5, 0.6) is 5.75 Å². The fraction of sp³-hybridized carbons (Fsp3) is 0.370. The standard InChI is InChI=1S/C27H27Br2FN6O3/c1-15(39-24-11-18(28)14-31-27(24)36(37)38)21-12-19(30)7-8-20(21)26-17(13-32-35(26)3)6-9-23-25(29)22(33-34(23)2)10-16-4-5-16/h7-8,11-16H,4-6,9-10H2,1-3H3. The maximum Gasteiger partial charge on any atom is 0.406 e. The van der Waals surface area contributed by atoms with E-state index in [2.05, 4.69) is 41.9 Å². The fourth-order valence-electron chi connectivity index (χ4n) is 4.83. The van der Waals surface area contributed by atoms with Crippen molar-refractivity contribution < 1.29 is 14.1 Å². The van der Waals surface area contributed by atoms with E-state index in [0.29, 0.717) is 16.5 Å². The minimum Gasteiger partial charge on any atom is -0.478 e.